The van der Waals surface area contributed by atoms with Crippen molar-refractivity contribution in [1.82, 2.24) is 10.6 Å². The molecular formula is C21H20ClN3O3S2. The lowest BCUT2D eigenvalue weighted by Crippen LogP contribution is -2.35. The number of para-hydroxylation sites is 1. The van der Waals surface area contributed by atoms with E-state index in [-0.39, 0.29) is 17.1 Å². The molecule has 3 rings (SSSR count). The van der Waals surface area contributed by atoms with Crippen molar-refractivity contribution in [3.63, 3.8) is 0 Å². The molecule has 3 aromatic rings. The summed E-state index contributed by atoms with van der Waals surface area (Å²) in [5, 5.41) is 9.57. The van der Waals surface area contributed by atoms with Crippen LogP contribution in [0.3, 0.4) is 0 Å². The van der Waals surface area contributed by atoms with Gasteiger partial charge in [-0.15, -0.1) is 11.3 Å². The van der Waals surface area contributed by atoms with Gasteiger partial charge in [0, 0.05) is 16.1 Å². The van der Waals surface area contributed by atoms with Gasteiger partial charge in [-0.3, -0.25) is 14.9 Å². The highest BCUT2D eigenvalue weighted by atomic mass is 35.5. The zero-order valence-electron chi connectivity index (χ0n) is 16.5. The Morgan fingerprint density at radius 3 is 2.57 bits per heavy atom. The highest BCUT2D eigenvalue weighted by molar-refractivity contribution is 7.80. The van der Waals surface area contributed by atoms with Crippen LogP contribution in [-0.4, -0.2) is 30.1 Å². The molecule has 0 saturated heterocycles. The van der Waals surface area contributed by atoms with Gasteiger partial charge < -0.3 is 15.4 Å². The smallest absolute Gasteiger partial charge is 0.269 e. The van der Waals surface area contributed by atoms with E-state index in [4.69, 9.17) is 28.6 Å². The van der Waals surface area contributed by atoms with Gasteiger partial charge in [-0.2, -0.15) is 0 Å². The average molecular weight is 462 g/mol. The summed E-state index contributed by atoms with van der Waals surface area (Å²) in [5.41, 5.74) is 0.919. The summed E-state index contributed by atoms with van der Waals surface area (Å²) in [5.74, 6) is 0.0198. The fourth-order valence-corrected chi connectivity index (χ4v) is 4.41. The quantitative estimate of drug-likeness (QED) is 0.474. The van der Waals surface area contributed by atoms with Crippen molar-refractivity contribution in [2.45, 2.75) is 19.9 Å². The molecule has 0 aliphatic carbocycles. The Balaban J connectivity index is 1.76. The summed E-state index contributed by atoms with van der Waals surface area (Å²) in [6.07, 6.45) is 0. The van der Waals surface area contributed by atoms with E-state index in [1.807, 2.05) is 26.0 Å². The average Bonchev–Trinajstić information content (AvgIpc) is 3.03. The van der Waals surface area contributed by atoms with Gasteiger partial charge in [-0.05, 0) is 56.4 Å². The minimum Gasteiger partial charge on any atom is -0.497 e. The Kier molecular flexibility index (Phi) is 6.91. The second-order valence-corrected chi connectivity index (χ2v) is 8.53. The Labute approximate surface area is 188 Å². The lowest BCUT2D eigenvalue weighted by molar-refractivity contribution is 0.0942. The number of anilines is 1. The number of nitrogens with one attached hydrogen (secondary N) is 3. The largest absolute Gasteiger partial charge is 0.497 e. The molecule has 0 bridgehead atoms. The Hall–Kier alpha value is -2.68. The summed E-state index contributed by atoms with van der Waals surface area (Å²) in [7, 11) is 1.58. The number of carbonyl (C=O) groups is 2. The third-order valence-electron chi connectivity index (χ3n) is 4.11. The zero-order chi connectivity index (χ0) is 21.8. The number of methoxy groups -OCH3 is 1. The van der Waals surface area contributed by atoms with Crippen molar-refractivity contribution in [2.24, 2.45) is 0 Å². The predicted octanol–water partition coefficient (Wildman–Crippen LogP) is 4.83. The van der Waals surface area contributed by atoms with Crippen LogP contribution in [0.2, 0.25) is 5.02 Å². The van der Waals surface area contributed by atoms with Crippen LogP contribution in [0, 0.1) is 0 Å². The van der Waals surface area contributed by atoms with Crippen LogP contribution in [0.5, 0.6) is 5.75 Å². The molecule has 156 valence electrons. The topological polar surface area (TPSA) is 79.5 Å². The number of amides is 2. The standard InChI is InChI=1S/C21H20ClN3O3S2/c1-11(2)23-19(26)13-6-4-5-7-15(13)24-21(29)25-20(27)18-17(22)14-9-8-12(28-3)10-16(14)30-18/h4-11H,1-3H3,(H,23,26)(H2,24,25,27,29). The van der Waals surface area contributed by atoms with Gasteiger partial charge in [-0.25, -0.2) is 0 Å². The molecule has 1 aromatic heterocycles. The van der Waals surface area contributed by atoms with E-state index in [1.165, 1.54) is 11.3 Å². The van der Waals surface area contributed by atoms with Gasteiger partial charge in [0.05, 0.1) is 23.4 Å². The molecule has 2 amide bonds. The van der Waals surface area contributed by atoms with E-state index < -0.39 is 5.91 Å². The van der Waals surface area contributed by atoms with Crippen LogP contribution in [-0.2, 0) is 0 Å². The van der Waals surface area contributed by atoms with Crippen LogP contribution in [0.4, 0.5) is 5.69 Å². The van der Waals surface area contributed by atoms with Crippen LogP contribution in [0.1, 0.15) is 33.9 Å². The molecule has 2 aromatic carbocycles. The first-order valence-corrected chi connectivity index (χ1v) is 10.7. The van der Waals surface area contributed by atoms with Crippen LogP contribution >= 0.6 is 35.2 Å². The van der Waals surface area contributed by atoms with E-state index in [0.717, 1.165) is 10.1 Å². The van der Waals surface area contributed by atoms with Crippen LogP contribution < -0.4 is 20.7 Å². The van der Waals surface area contributed by atoms with Crippen LogP contribution in [0.15, 0.2) is 42.5 Å². The first-order chi connectivity index (χ1) is 14.3. The normalized spacial score (nSPS) is 10.7. The molecule has 0 unspecified atom stereocenters. The molecule has 1 heterocycles. The van der Waals surface area contributed by atoms with Gasteiger partial charge in [0.15, 0.2) is 5.11 Å². The van der Waals surface area contributed by atoms with Gasteiger partial charge in [0.2, 0.25) is 0 Å². The minimum absolute atomic E-state index is 0.00839. The van der Waals surface area contributed by atoms with Gasteiger partial charge in [-0.1, -0.05) is 23.7 Å². The summed E-state index contributed by atoms with van der Waals surface area (Å²) in [6, 6.07) is 12.3. The maximum Gasteiger partial charge on any atom is 0.269 e. The van der Waals surface area contributed by atoms with Gasteiger partial charge in [0.25, 0.3) is 11.8 Å². The third kappa shape index (κ3) is 4.89. The zero-order valence-corrected chi connectivity index (χ0v) is 18.9. The number of halogens is 1. The molecule has 0 spiro atoms. The summed E-state index contributed by atoms with van der Waals surface area (Å²) in [6.45, 7) is 3.76. The van der Waals surface area contributed by atoms with Crippen molar-refractivity contribution in [3.8, 4) is 5.75 Å². The van der Waals surface area contributed by atoms with Crippen molar-refractivity contribution in [1.29, 1.82) is 0 Å². The Bertz CT molecular complexity index is 1130. The fraction of sp³-hybridized carbons (Fsp3) is 0.190. The first kappa shape index (κ1) is 22.0. The van der Waals surface area contributed by atoms with Crippen LogP contribution in [0.25, 0.3) is 10.1 Å². The number of fused-ring (bicyclic) bond motifs is 1. The third-order valence-corrected chi connectivity index (χ3v) is 5.97. The molecule has 0 atom stereocenters. The number of ether oxygens (including phenoxy) is 1. The van der Waals surface area contributed by atoms with E-state index in [9.17, 15) is 9.59 Å². The van der Waals surface area contributed by atoms with Gasteiger partial charge >= 0.3 is 0 Å². The second-order valence-electron chi connectivity index (χ2n) is 6.69. The van der Waals surface area contributed by atoms with E-state index in [2.05, 4.69) is 16.0 Å². The minimum atomic E-state index is -0.429. The maximum absolute atomic E-state index is 12.7. The Morgan fingerprint density at radius 1 is 1.13 bits per heavy atom. The molecule has 9 heteroatoms. The second kappa shape index (κ2) is 9.42. The summed E-state index contributed by atoms with van der Waals surface area (Å²) in [4.78, 5) is 25.5. The van der Waals surface area contributed by atoms with E-state index in [1.54, 1.807) is 37.4 Å². The molecular weight excluding hydrogens is 442 g/mol. The van der Waals surface area contributed by atoms with Crippen molar-refractivity contribution >= 4 is 67.9 Å². The molecule has 0 aliphatic heterocycles. The molecule has 3 N–H and O–H groups in total. The molecule has 0 saturated carbocycles. The fourth-order valence-electron chi connectivity index (χ4n) is 2.76. The number of benzene rings is 2. The lowest BCUT2D eigenvalue weighted by Gasteiger charge is -2.14. The van der Waals surface area contributed by atoms with Crippen molar-refractivity contribution in [2.75, 3.05) is 12.4 Å². The number of hydrogen-bond acceptors (Lipinski definition) is 5. The molecule has 6 nitrogen and oxygen atoms in total. The maximum atomic E-state index is 12.7. The van der Waals surface area contributed by atoms with Crippen molar-refractivity contribution in [3.05, 3.63) is 57.9 Å². The highest BCUT2D eigenvalue weighted by Gasteiger charge is 2.19. The molecule has 30 heavy (non-hydrogen) atoms. The number of carbonyl (C=O) groups excluding carboxylic acids is 2. The number of rotatable bonds is 5. The SMILES string of the molecule is COc1ccc2c(Cl)c(C(=O)NC(=S)Nc3ccccc3C(=O)NC(C)C)sc2c1. The molecule has 0 aliphatic rings. The molecule has 0 fully saturated rings. The predicted molar refractivity (Wildman–Crippen MR) is 126 cm³/mol. The highest BCUT2D eigenvalue weighted by Crippen LogP contribution is 2.37. The summed E-state index contributed by atoms with van der Waals surface area (Å²) >= 11 is 12.9. The van der Waals surface area contributed by atoms with E-state index >= 15 is 0 Å². The molecule has 0 radical (unpaired) electrons. The lowest BCUT2D eigenvalue weighted by atomic mass is 10.1. The van der Waals surface area contributed by atoms with Crippen molar-refractivity contribution < 1.29 is 14.3 Å². The monoisotopic (exact) mass is 461 g/mol. The van der Waals surface area contributed by atoms with Gasteiger partial charge in [0.1, 0.15) is 10.6 Å². The summed E-state index contributed by atoms with van der Waals surface area (Å²) < 4.78 is 6.05. The Morgan fingerprint density at radius 2 is 1.87 bits per heavy atom. The number of thiocarbonyl (C=S) groups is 1. The number of thiophene rings is 1. The number of hydrogen-bond donors (Lipinski definition) is 3. The first-order valence-electron chi connectivity index (χ1n) is 9.08. The van der Waals surface area contributed by atoms with E-state index in [0.29, 0.717) is 26.9 Å².